The van der Waals surface area contributed by atoms with Crippen LogP contribution in [-0.2, 0) is 16.0 Å². The zero-order chi connectivity index (χ0) is 22.5. The van der Waals surface area contributed by atoms with Gasteiger partial charge in [0.1, 0.15) is 11.6 Å². The van der Waals surface area contributed by atoms with Crippen LogP contribution in [0, 0.1) is 0 Å². The Kier molecular flexibility index (Phi) is 6.70. The van der Waals surface area contributed by atoms with Crippen LogP contribution < -0.4 is 10.3 Å². The van der Waals surface area contributed by atoms with E-state index in [1.807, 2.05) is 6.07 Å². The second-order valence-electron chi connectivity index (χ2n) is 7.53. The van der Waals surface area contributed by atoms with Gasteiger partial charge in [0.15, 0.2) is 6.61 Å². The molecule has 1 aliphatic heterocycles. The van der Waals surface area contributed by atoms with Crippen LogP contribution >= 0.6 is 11.6 Å². The highest BCUT2D eigenvalue weighted by Crippen LogP contribution is 2.16. The first-order valence-corrected chi connectivity index (χ1v) is 10.8. The standard InChI is InChI=1S/C23H23ClN4O4/c24-16-5-7-17(8-6-16)32-15-22(30)28-13-11-27(12-14-28)21(29)10-9-20-25-19-4-2-1-3-18(19)23(31)26-20/h1-8H,9-15H2,(H,25,26,31). The topological polar surface area (TPSA) is 95.6 Å². The van der Waals surface area contributed by atoms with Crippen molar-refractivity contribution in [3.05, 3.63) is 69.7 Å². The van der Waals surface area contributed by atoms with Crippen molar-refractivity contribution in [2.75, 3.05) is 32.8 Å². The molecular weight excluding hydrogens is 432 g/mol. The number of carbonyl (C=O) groups is 2. The lowest BCUT2D eigenvalue weighted by Crippen LogP contribution is -2.51. The average Bonchev–Trinajstić information content (AvgIpc) is 2.82. The minimum Gasteiger partial charge on any atom is -0.484 e. The number of benzene rings is 2. The van der Waals surface area contributed by atoms with Crippen LogP contribution in [0.15, 0.2) is 53.3 Å². The van der Waals surface area contributed by atoms with Gasteiger partial charge in [-0.15, -0.1) is 0 Å². The number of para-hydroxylation sites is 1. The molecular formula is C23H23ClN4O4. The van der Waals surface area contributed by atoms with Gasteiger partial charge in [-0.3, -0.25) is 14.4 Å². The van der Waals surface area contributed by atoms with Gasteiger partial charge in [0.2, 0.25) is 5.91 Å². The SMILES string of the molecule is O=C(CCc1nc2ccccc2c(=O)[nH]1)N1CCN(C(=O)COc2ccc(Cl)cc2)CC1. The van der Waals surface area contributed by atoms with E-state index in [2.05, 4.69) is 9.97 Å². The predicted molar refractivity (Wildman–Crippen MR) is 121 cm³/mol. The molecule has 0 radical (unpaired) electrons. The van der Waals surface area contributed by atoms with Crippen molar-refractivity contribution in [1.82, 2.24) is 19.8 Å². The molecule has 0 bridgehead atoms. The molecule has 3 aromatic rings. The lowest BCUT2D eigenvalue weighted by molar-refractivity contribution is -0.140. The molecule has 0 spiro atoms. The summed E-state index contributed by atoms with van der Waals surface area (Å²) in [6.45, 7) is 1.79. The second kappa shape index (κ2) is 9.82. The molecule has 1 N–H and O–H groups in total. The molecule has 9 heteroatoms. The van der Waals surface area contributed by atoms with E-state index in [1.165, 1.54) is 0 Å². The van der Waals surface area contributed by atoms with Gasteiger partial charge < -0.3 is 19.5 Å². The lowest BCUT2D eigenvalue weighted by Gasteiger charge is -2.34. The van der Waals surface area contributed by atoms with Gasteiger partial charge in [-0.25, -0.2) is 4.98 Å². The van der Waals surface area contributed by atoms with Crippen molar-refractivity contribution < 1.29 is 14.3 Å². The van der Waals surface area contributed by atoms with E-state index < -0.39 is 0 Å². The number of piperazine rings is 1. The van der Waals surface area contributed by atoms with E-state index in [0.29, 0.717) is 60.1 Å². The van der Waals surface area contributed by atoms with E-state index in [-0.39, 0.29) is 30.4 Å². The maximum absolute atomic E-state index is 12.6. The normalized spacial score (nSPS) is 13.9. The molecule has 166 valence electrons. The van der Waals surface area contributed by atoms with Crippen molar-refractivity contribution in [1.29, 1.82) is 0 Å². The van der Waals surface area contributed by atoms with Crippen LogP contribution in [0.4, 0.5) is 0 Å². The monoisotopic (exact) mass is 454 g/mol. The van der Waals surface area contributed by atoms with Crippen molar-refractivity contribution >= 4 is 34.3 Å². The smallest absolute Gasteiger partial charge is 0.260 e. The quantitative estimate of drug-likeness (QED) is 0.616. The third-order valence-corrected chi connectivity index (χ3v) is 5.65. The summed E-state index contributed by atoms with van der Waals surface area (Å²) in [7, 11) is 0. The highest BCUT2D eigenvalue weighted by atomic mass is 35.5. The Labute approximate surface area is 189 Å². The summed E-state index contributed by atoms with van der Waals surface area (Å²) in [6, 6.07) is 13.9. The highest BCUT2D eigenvalue weighted by molar-refractivity contribution is 6.30. The average molecular weight is 455 g/mol. The Morgan fingerprint density at radius 1 is 0.969 bits per heavy atom. The molecule has 0 saturated carbocycles. The molecule has 0 atom stereocenters. The van der Waals surface area contributed by atoms with Crippen molar-refractivity contribution in [3.8, 4) is 5.75 Å². The maximum Gasteiger partial charge on any atom is 0.260 e. The van der Waals surface area contributed by atoms with E-state index in [0.717, 1.165) is 0 Å². The number of halogens is 1. The summed E-state index contributed by atoms with van der Waals surface area (Å²) in [5, 5.41) is 1.13. The molecule has 1 aromatic heterocycles. The van der Waals surface area contributed by atoms with Crippen LogP contribution in [0.2, 0.25) is 5.02 Å². The number of carbonyl (C=O) groups excluding carboxylic acids is 2. The summed E-state index contributed by atoms with van der Waals surface area (Å²) in [4.78, 5) is 47.8. The molecule has 2 amide bonds. The van der Waals surface area contributed by atoms with Gasteiger partial charge in [0.25, 0.3) is 11.5 Å². The van der Waals surface area contributed by atoms with Gasteiger partial charge in [0, 0.05) is 44.0 Å². The van der Waals surface area contributed by atoms with Gasteiger partial charge in [-0.05, 0) is 36.4 Å². The summed E-state index contributed by atoms with van der Waals surface area (Å²) in [5.74, 6) is 0.933. The summed E-state index contributed by atoms with van der Waals surface area (Å²) < 4.78 is 5.51. The largest absolute Gasteiger partial charge is 0.484 e. The highest BCUT2D eigenvalue weighted by Gasteiger charge is 2.24. The summed E-state index contributed by atoms with van der Waals surface area (Å²) in [6.07, 6.45) is 0.599. The van der Waals surface area contributed by atoms with Gasteiger partial charge in [0.05, 0.1) is 10.9 Å². The Morgan fingerprint density at radius 3 is 2.34 bits per heavy atom. The maximum atomic E-state index is 12.6. The third-order valence-electron chi connectivity index (χ3n) is 5.40. The molecule has 1 aliphatic rings. The fourth-order valence-corrected chi connectivity index (χ4v) is 3.74. The number of aromatic amines is 1. The van der Waals surface area contributed by atoms with E-state index in [4.69, 9.17) is 16.3 Å². The number of aryl methyl sites for hydroxylation is 1. The molecule has 1 fully saturated rings. The minimum atomic E-state index is -0.203. The summed E-state index contributed by atoms with van der Waals surface area (Å²) >= 11 is 5.84. The van der Waals surface area contributed by atoms with Crippen molar-refractivity contribution in [3.63, 3.8) is 0 Å². The van der Waals surface area contributed by atoms with Crippen LogP contribution in [0.1, 0.15) is 12.2 Å². The fourth-order valence-electron chi connectivity index (χ4n) is 3.61. The van der Waals surface area contributed by atoms with Gasteiger partial charge in [-0.1, -0.05) is 23.7 Å². The van der Waals surface area contributed by atoms with Crippen LogP contribution in [0.5, 0.6) is 5.75 Å². The number of hydrogen-bond acceptors (Lipinski definition) is 5. The van der Waals surface area contributed by atoms with Gasteiger partial charge in [-0.2, -0.15) is 0 Å². The number of ether oxygens (including phenoxy) is 1. The fraction of sp³-hybridized carbons (Fsp3) is 0.304. The number of nitrogens with one attached hydrogen (secondary N) is 1. The first-order chi connectivity index (χ1) is 15.5. The van der Waals surface area contributed by atoms with Crippen LogP contribution in [0.25, 0.3) is 10.9 Å². The number of rotatable bonds is 6. The Hall–Kier alpha value is -3.39. The molecule has 8 nitrogen and oxygen atoms in total. The number of hydrogen-bond donors (Lipinski definition) is 1. The Balaban J connectivity index is 1.24. The first-order valence-electron chi connectivity index (χ1n) is 10.4. The zero-order valence-electron chi connectivity index (χ0n) is 17.4. The Morgan fingerprint density at radius 2 is 1.62 bits per heavy atom. The predicted octanol–water partition coefficient (Wildman–Crippen LogP) is 2.26. The minimum absolute atomic E-state index is 0.0229. The molecule has 32 heavy (non-hydrogen) atoms. The number of amides is 2. The molecule has 2 heterocycles. The van der Waals surface area contributed by atoms with E-state index in [9.17, 15) is 14.4 Å². The third kappa shape index (κ3) is 5.26. The van der Waals surface area contributed by atoms with E-state index in [1.54, 1.807) is 52.3 Å². The van der Waals surface area contributed by atoms with E-state index >= 15 is 0 Å². The lowest BCUT2D eigenvalue weighted by atomic mass is 10.2. The van der Waals surface area contributed by atoms with Gasteiger partial charge >= 0.3 is 0 Å². The first kappa shape index (κ1) is 21.8. The number of fused-ring (bicyclic) bond motifs is 1. The summed E-state index contributed by atoms with van der Waals surface area (Å²) in [5.41, 5.74) is 0.414. The zero-order valence-corrected chi connectivity index (χ0v) is 18.2. The molecule has 0 unspecified atom stereocenters. The van der Waals surface area contributed by atoms with Crippen LogP contribution in [0.3, 0.4) is 0 Å². The second-order valence-corrected chi connectivity index (χ2v) is 7.97. The molecule has 0 aliphatic carbocycles. The molecule has 1 saturated heterocycles. The van der Waals surface area contributed by atoms with Crippen molar-refractivity contribution in [2.45, 2.75) is 12.8 Å². The number of aromatic nitrogens is 2. The molecule has 2 aromatic carbocycles. The number of nitrogens with zero attached hydrogens (tertiary/aromatic N) is 3. The van der Waals surface area contributed by atoms with Crippen LogP contribution in [-0.4, -0.2) is 64.4 Å². The van der Waals surface area contributed by atoms with Crippen molar-refractivity contribution in [2.24, 2.45) is 0 Å². The number of H-pyrrole nitrogens is 1. The molecule has 4 rings (SSSR count). The Bertz CT molecular complexity index is 1170.